The van der Waals surface area contributed by atoms with Crippen LogP contribution >= 0.6 is 11.8 Å². The van der Waals surface area contributed by atoms with E-state index >= 15 is 0 Å². The monoisotopic (exact) mass is 316 g/mol. The molecule has 0 N–H and O–H groups in total. The molecule has 21 heavy (non-hydrogen) atoms. The number of nitrogens with zero attached hydrogens (tertiary/aromatic N) is 2. The Morgan fingerprint density at radius 3 is 2.57 bits per heavy atom. The molecule has 1 aliphatic heterocycles. The highest BCUT2D eigenvalue weighted by Gasteiger charge is 2.30. The van der Waals surface area contributed by atoms with Crippen molar-refractivity contribution >= 4 is 22.8 Å². The Balaban J connectivity index is 1.96. The zero-order valence-electron chi connectivity index (χ0n) is 11.5. The average molecular weight is 316 g/mol. The molecule has 0 fully saturated rings. The molecule has 1 amide bonds. The van der Waals surface area contributed by atoms with E-state index in [2.05, 4.69) is 4.99 Å². The summed E-state index contributed by atoms with van der Waals surface area (Å²) in [4.78, 5) is 17.6. The van der Waals surface area contributed by atoms with Crippen LogP contribution in [0.5, 0.6) is 0 Å². The van der Waals surface area contributed by atoms with Crippen molar-refractivity contribution in [2.75, 3.05) is 13.1 Å². The van der Waals surface area contributed by atoms with Crippen molar-refractivity contribution in [3.8, 4) is 0 Å². The smallest absolute Gasteiger partial charge is 0.290 e. The van der Waals surface area contributed by atoms with Crippen LogP contribution in [-0.2, 0) is 16.7 Å². The molecular weight excluding hydrogens is 301 g/mol. The van der Waals surface area contributed by atoms with E-state index in [4.69, 9.17) is 0 Å². The average Bonchev–Trinajstić information content (AvgIpc) is 2.92. The number of carbonyl (C=O) groups is 1. The standard InChI is InChI=1S/C14H15F3N2OS/c1-2-12(20)19-8-7-18-13(19)21-9-10-3-5-11(6-4-10)14(15,16)17/h3-6H,2,7-9H2,1H3. The molecular formula is C14H15F3N2OS. The van der Waals surface area contributed by atoms with E-state index in [1.807, 2.05) is 0 Å². The van der Waals surface area contributed by atoms with E-state index in [9.17, 15) is 18.0 Å². The Kier molecular flexibility index (Phi) is 4.92. The summed E-state index contributed by atoms with van der Waals surface area (Å²) in [7, 11) is 0. The van der Waals surface area contributed by atoms with E-state index in [1.54, 1.807) is 11.8 Å². The lowest BCUT2D eigenvalue weighted by Gasteiger charge is -2.16. The van der Waals surface area contributed by atoms with E-state index in [-0.39, 0.29) is 5.91 Å². The van der Waals surface area contributed by atoms with E-state index in [0.717, 1.165) is 17.7 Å². The topological polar surface area (TPSA) is 32.7 Å². The number of amidine groups is 1. The van der Waals surface area contributed by atoms with E-state index < -0.39 is 11.7 Å². The van der Waals surface area contributed by atoms with Crippen molar-refractivity contribution in [1.82, 2.24) is 4.90 Å². The zero-order valence-corrected chi connectivity index (χ0v) is 12.3. The normalized spacial score (nSPS) is 15.2. The number of benzene rings is 1. The molecule has 3 nitrogen and oxygen atoms in total. The van der Waals surface area contributed by atoms with Gasteiger partial charge >= 0.3 is 6.18 Å². The maximum atomic E-state index is 12.5. The number of alkyl halides is 3. The fraction of sp³-hybridized carbons (Fsp3) is 0.429. The minimum atomic E-state index is -4.31. The number of halogens is 3. The molecule has 1 aromatic rings. The molecule has 0 atom stereocenters. The van der Waals surface area contributed by atoms with Gasteiger partial charge in [0.05, 0.1) is 12.1 Å². The van der Waals surface area contributed by atoms with Crippen LogP contribution in [0.15, 0.2) is 29.3 Å². The second-order valence-corrected chi connectivity index (χ2v) is 5.49. The Morgan fingerprint density at radius 2 is 2.00 bits per heavy atom. The quantitative estimate of drug-likeness (QED) is 0.854. The Morgan fingerprint density at radius 1 is 1.33 bits per heavy atom. The summed E-state index contributed by atoms with van der Waals surface area (Å²) in [5, 5.41) is 0.654. The van der Waals surface area contributed by atoms with Crippen LogP contribution in [0.3, 0.4) is 0 Å². The first-order chi connectivity index (χ1) is 9.91. The van der Waals surface area contributed by atoms with Crippen molar-refractivity contribution in [2.45, 2.75) is 25.3 Å². The molecule has 2 rings (SSSR count). The van der Waals surface area contributed by atoms with Gasteiger partial charge in [-0.25, -0.2) is 0 Å². The predicted molar refractivity (Wildman–Crippen MR) is 77.0 cm³/mol. The molecule has 0 aliphatic carbocycles. The van der Waals surface area contributed by atoms with Gasteiger partial charge in [-0.05, 0) is 17.7 Å². The van der Waals surface area contributed by atoms with Gasteiger partial charge in [-0.1, -0.05) is 30.8 Å². The fourth-order valence-electron chi connectivity index (χ4n) is 1.91. The van der Waals surface area contributed by atoms with Crippen LogP contribution in [0.1, 0.15) is 24.5 Å². The van der Waals surface area contributed by atoms with Crippen LogP contribution < -0.4 is 0 Å². The van der Waals surface area contributed by atoms with Gasteiger partial charge in [0.25, 0.3) is 0 Å². The molecule has 0 saturated carbocycles. The SMILES string of the molecule is CCC(=O)N1CCN=C1SCc1ccc(C(F)(F)F)cc1. The molecule has 0 bridgehead atoms. The van der Waals surface area contributed by atoms with E-state index in [1.165, 1.54) is 23.9 Å². The summed E-state index contributed by atoms with van der Waals surface area (Å²) < 4.78 is 37.4. The number of thioether (sulfide) groups is 1. The Hall–Kier alpha value is -1.50. The second kappa shape index (κ2) is 6.51. The molecule has 114 valence electrons. The molecule has 1 aliphatic rings. The molecule has 0 aromatic heterocycles. The maximum Gasteiger partial charge on any atom is 0.416 e. The van der Waals surface area contributed by atoms with Crippen molar-refractivity contribution < 1.29 is 18.0 Å². The number of carbonyl (C=O) groups excluding carboxylic acids is 1. The number of amides is 1. The first kappa shape index (κ1) is 15.9. The minimum absolute atomic E-state index is 0.0196. The van der Waals surface area contributed by atoms with Gasteiger partial charge in [0, 0.05) is 18.7 Å². The molecule has 1 heterocycles. The highest BCUT2D eigenvalue weighted by molar-refractivity contribution is 8.13. The summed E-state index contributed by atoms with van der Waals surface area (Å²) >= 11 is 1.38. The van der Waals surface area contributed by atoms with E-state index in [0.29, 0.717) is 30.4 Å². The summed E-state index contributed by atoms with van der Waals surface area (Å²) in [6.07, 6.45) is -3.90. The summed E-state index contributed by atoms with van der Waals surface area (Å²) in [5.74, 6) is 0.510. The van der Waals surface area contributed by atoms with Crippen molar-refractivity contribution in [3.63, 3.8) is 0 Å². The zero-order chi connectivity index (χ0) is 15.5. The number of hydrogen-bond donors (Lipinski definition) is 0. The second-order valence-electron chi connectivity index (χ2n) is 4.55. The molecule has 0 spiro atoms. The Labute approximate surface area is 125 Å². The fourth-order valence-corrected chi connectivity index (χ4v) is 2.93. The highest BCUT2D eigenvalue weighted by atomic mass is 32.2. The number of rotatable bonds is 3. The third kappa shape index (κ3) is 4.00. The van der Waals surface area contributed by atoms with Crippen LogP contribution in [0.25, 0.3) is 0 Å². The lowest BCUT2D eigenvalue weighted by molar-refractivity contribution is -0.137. The third-order valence-corrected chi connectivity index (χ3v) is 4.14. The van der Waals surface area contributed by atoms with Gasteiger partial charge in [0.15, 0.2) is 5.17 Å². The molecule has 7 heteroatoms. The van der Waals surface area contributed by atoms with Gasteiger partial charge in [-0.15, -0.1) is 0 Å². The van der Waals surface area contributed by atoms with Crippen LogP contribution in [0.4, 0.5) is 13.2 Å². The van der Waals surface area contributed by atoms with Gasteiger partial charge in [-0.3, -0.25) is 14.7 Å². The van der Waals surface area contributed by atoms with Gasteiger partial charge in [0.2, 0.25) is 5.91 Å². The predicted octanol–water partition coefficient (Wildman–Crippen LogP) is 3.55. The summed E-state index contributed by atoms with van der Waals surface area (Å²) in [5.41, 5.74) is 0.115. The van der Waals surface area contributed by atoms with Crippen LogP contribution in [0, 0.1) is 0 Å². The highest BCUT2D eigenvalue weighted by Crippen LogP contribution is 2.30. The van der Waals surface area contributed by atoms with Crippen molar-refractivity contribution in [2.24, 2.45) is 4.99 Å². The van der Waals surface area contributed by atoms with Gasteiger partial charge in [-0.2, -0.15) is 13.2 Å². The maximum absolute atomic E-state index is 12.5. The first-order valence-corrected chi connectivity index (χ1v) is 7.54. The van der Waals surface area contributed by atoms with Crippen LogP contribution in [0.2, 0.25) is 0 Å². The molecule has 0 unspecified atom stereocenters. The first-order valence-electron chi connectivity index (χ1n) is 6.55. The molecule has 1 aromatic carbocycles. The number of aliphatic imine (C=N–C) groups is 1. The lowest BCUT2D eigenvalue weighted by Crippen LogP contribution is -2.32. The van der Waals surface area contributed by atoms with Crippen molar-refractivity contribution in [3.05, 3.63) is 35.4 Å². The largest absolute Gasteiger partial charge is 0.416 e. The van der Waals surface area contributed by atoms with Gasteiger partial charge in [0.1, 0.15) is 0 Å². The minimum Gasteiger partial charge on any atom is -0.290 e. The third-order valence-electron chi connectivity index (χ3n) is 3.05. The molecule has 0 radical (unpaired) electrons. The number of hydrogen-bond acceptors (Lipinski definition) is 3. The van der Waals surface area contributed by atoms with Gasteiger partial charge < -0.3 is 0 Å². The summed E-state index contributed by atoms with van der Waals surface area (Å²) in [6, 6.07) is 5.05. The lowest BCUT2D eigenvalue weighted by atomic mass is 10.1. The van der Waals surface area contributed by atoms with Crippen LogP contribution in [-0.4, -0.2) is 29.1 Å². The Bertz CT molecular complexity index is 540. The van der Waals surface area contributed by atoms with Crippen molar-refractivity contribution in [1.29, 1.82) is 0 Å². The summed E-state index contributed by atoms with van der Waals surface area (Å²) in [6.45, 7) is 2.96. The molecule has 0 saturated heterocycles.